The van der Waals surface area contributed by atoms with Gasteiger partial charge in [0.2, 0.25) is 5.91 Å². The van der Waals surface area contributed by atoms with E-state index < -0.39 is 0 Å². The molecule has 20 heavy (non-hydrogen) atoms. The quantitative estimate of drug-likeness (QED) is 0.657. The number of thiazole rings is 1. The molecule has 0 radical (unpaired) electrons. The first kappa shape index (κ1) is 14.3. The summed E-state index contributed by atoms with van der Waals surface area (Å²) in [6.07, 6.45) is 3.19. The lowest BCUT2D eigenvalue weighted by atomic mass is 10.3. The van der Waals surface area contributed by atoms with Gasteiger partial charge in [-0.1, -0.05) is 18.2 Å². The number of amides is 1. The molecule has 0 atom stereocenters. The van der Waals surface area contributed by atoms with Crippen molar-refractivity contribution in [2.24, 2.45) is 0 Å². The summed E-state index contributed by atoms with van der Waals surface area (Å²) in [5.41, 5.74) is 0.809. The molecule has 0 aliphatic heterocycles. The zero-order valence-electron chi connectivity index (χ0n) is 11.2. The Hall–Kier alpha value is -2.14. The number of nitrogens with one attached hydrogen (secondary N) is 1. The van der Waals surface area contributed by atoms with Crippen molar-refractivity contribution in [2.45, 2.75) is 6.92 Å². The molecule has 0 saturated carbocycles. The van der Waals surface area contributed by atoms with Crippen LogP contribution in [-0.4, -0.2) is 24.0 Å². The first-order valence-electron chi connectivity index (χ1n) is 6.30. The minimum absolute atomic E-state index is 0.146. The van der Waals surface area contributed by atoms with Crippen LogP contribution < -0.4 is 10.1 Å². The van der Waals surface area contributed by atoms with Crippen molar-refractivity contribution < 1.29 is 9.53 Å². The predicted molar refractivity (Wildman–Crippen MR) is 80.8 cm³/mol. The third kappa shape index (κ3) is 4.85. The Bertz CT molecular complexity index is 579. The molecular formula is C15H16N2O2S. The molecule has 4 nitrogen and oxygen atoms in total. The number of hydrogen-bond donors (Lipinski definition) is 1. The highest BCUT2D eigenvalue weighted by atomic mass is 32.1. The number of nitrogens with zero attached hydrogens (tertiary/aromatic N) is 1. The fourth-order valence-corrected chi connectivity index (χ4v) is 2.12. The zero-order chi connectivity index (χ0) is 14.2. The van der Waals surface area contributed by atoms with Crippen molar-refractivity contribution in [1.29, 1.82) is 0 Å². The number of carbonyl (C=O) groups is 1. The molecule has 1 N–H and O–H groups in total. The molecule has 2 rings (SSSR count). The number of aromatic nitrogens is 1. The van der Waals surface area contributed by atoms with Gasteiger partial charge in [0.1, 0.15) is 12.4 Å². The number of hydrogen-bond acceptors (Lipinski definition) is 4. The molecule has 0 saturated heterocycles. The molecule has 2 aromatic rings. The van der Waals surface area contributed by atoms with E-state index in [-0.39, 0.29) is 5.91 Å². The van der Waals surface area contributed by atoms with Crippen molar-refractivity contribution in [3.63, 3.8) is 0 Å². The number of rotatable bonds is 6. The second-order valence-electron chi connectivity index (χ2n) is 4.08. The number of benzene rings is 1. The van der Waals surface area contributed by atoms with Crippen LogP contribution in [-0.2, 0) is 4.79 Å². The lowest BCUT2D eigenvalue weighted by molar-refractivity contribution is -0.116. The van der Waals surface area contributed by atoms with Gasteiger partial charge >= 0.3 is 0 Å². The maximum Gasteiger partial charge on any atom is 0.244 e. The summed E-state index contributed by atoms with van der Waals surface area (Å²) in [5.74, 6) is 0.655. The molecule has 1 aromatic heterocycles. The van der Waals surface area contributed by atoms with E-state index in [0.717, 1.165) is 16.5 Å². The Balaban J connectivity index is 1.66. The largest absolute Gasteiger partial charge is 0.492 e. The number of carbonyl (C=O) groups excluding carboxylic acids is 1. The van der Waals surface area contributed by atoms with Crippen LogP contribution in [0.15, 0.2) is 41.8 Å². The first-order chi connectivity index (χ1) is 9.74. The van der Waals surface area contributed by atoms with E-state index in [1.165, 1.54) is 6.08 Å². The Morgan fingerprint density at radius 2 is 2.20 bits per heavy atom. The minimum atomic E-state index is -0.146. The van der Waals surface area contributed by atoms with E-state index in [1.54, 1.807) is 17.4 Å². The molecule has 0 unspecified atom stereocenters. The van der Waals surface area contributed by atoms with Crippen molar-refractivity contribution in [3.8, 4) is 5.75 Å². The van der Waals surface area contributed by atoms with E-state index in [9.17, 15) is 4.79 Å². The van der Waals surface area contributed by atoms with Gasteiger partial charge in [-0.25, -0.2) is 4.98 Å². The topological polar surface area (TPSA) is 51.2 Å². The van der Waals surface area contributed by atoms with E-state index in [0.29, 0.717) is 13.2 Å². The van der Waals surface area contributed by atoms with E-state index in [1.807, 2.05) is 42.6 Å². The number of aryl methyl sites for hydroxylation is 1. The van der Waals surface area contributed by atoms with Gasteiger partial charge < -0.3 is 10.1 Å². The monoisotopic (exact) mass is 288 g/mol. The summed E-state index contributed by atoms with van der Waals surface area (Å²) in [6, 6.07) is 9.51. The predicted octanol–water partition coefficient (Wildman–Crippen LogP) is 2.66. The highest BCUT2D eigenvalue weighted by Crippen LogP contribution is 2.09. The normalized spacial score (nSPS) is 10.7. The highest BCUT2D eigenvalue weighted by molar-refractivity contribution is 7.09. The molecule has 5 heteroatoms. The van der Waals surface area contributed by atoms with Crippen LogP contribution in [0.1, 0.15) is 10.7 Å². The third-order valence-electron chi connectivity index (χ3n) is 2.46. The number of para-hydroxylation sites is 1. The van der Waals surface area contributed by atoms with Crippen molar-refractivity contribution in [2.75, 3.05) is 13.2 Å². The smallest absolute Gasteiger partial charge is 0.244 e. The molecule has 0 aliphatic rings. The molecule has 0 aliphatic carbocycles. The fraction of sp³-hybridized carbons (Fsp3) is 0.200. The molecule has 1 aromatic carbocycles. The second kappa shape index (κ2) is 7.45. The van der Waals surface area contributed by atoms with Crippen molar-refractivity contribution in [3.05, 3.63) is 52.5 Å². The SMILES string of the molecule is Cc1nc(/C=C/C(=O)NCCOc2ccccc2)cs1. The maximum absolute atomic E-state index is 11.6. The van der Waals surface area contributed by atoms with E-state index in [2.05, 4.69) is 10.3 Å². The second-order valence-corrected chi connectivity index (χ2v) is 5.14. The van der Waals surface area contributed by atoms with Gasteiger partial charge in [0.15, 0.2) is 0 Å². The molecule has 1 heterocycles. The zero-order valence-corrected chi connectivity index (χ0v) is 12.0. The van der Waals surface area contributed by atoms with Crippen molar-refractivity contribution in [1.82, 2.24) is 10.3 Å². The Kier molecular flexibility index (Phi) is 5.32. The van der Waals surface area contributed by atoms with Crippen LogP contribution in [0.2, 0.25) is 0 Å². The fourth-order valence-electron chi connectivity index (χ4n) is 1.54. The minimum Gasteiger partial charge on any atom is -0.492 e. The molecule has 0 bridgehead atoms. The van der Waals surface area contributed by atoms with Crippen LogP contribution in [0.3, 0.4) is 0 Å². The van der Waals surface area contributed by atoms with Crippen LogP contribution in [0.25, 0.3) is 6.08 Å². The lowest BCUT2D eigenvalue weighted by Crippen LogP contribution is -2.26. The average Bonchev–Trinajstić information content (AvgIpc) is 2.88. The van der Waals surface area contributed by atoms with Crippen LogP contribution in [0.5, 0.6) is 5.75 Å². The summed E-state index contributed by atoms with van der Waals surface area (Å²) < 4.78 is 5.47. The summed E-state index contributed by atoms with van der Waals surface area (Å²) in [5, 5.41) is 5.66. The van der Waals surface area contributed by atoms with Gasteiger partial charge in [0.05, 0.1) is 17.2 Å². The van der Waals surface area contributed by atoms with Gasteiger partial charge in [-0.15, -0.1) is 11.3 Å². The molecule has 104 valence electrons. The van der Waals surface area contributed by atoms with Crippen LogP contribution >= 0.6 is 11.3 Å². The first-order valence-corrected chi connectivity index (χ1v) is 7.18. The molecule has 1 amide bonds. The maximum atomic E-state index is 11.6. The average molecular weight is 288 g/mol. The summed E-state index contributed by atoms with van der Waals surface area (Å²) in [4.78, 5) is 15.8. The Morgan fingerprint density at radius 1 is 1.40 bits per heavy atom. The van der Waals surface area contributed by atoms with E-state index >= 15 is 0 Å². The summed E-state index contributed by atoms with van der Waals surface area (Å²) in [6.45, 7) is 2.84. The summed E-state index contributed by atoms with van der Waals surface area (Å²) >= 11 is 1.56. The standard InChI is InChI=1S/C15H16N2O2S/c1-12-17-13(11-20-12)7-8-15(18)16-9-10-19-14-5-3-2-4-6-14/h2-8,11H,9-10H2,1H3,(H,16,18)/b8-7+. The Morgan fingerprint density at radius 3 is 2.90 bits per heavy atom. The highest BCUT2D eigenvalue weighted by Gasteiger charge is 1.97. The lowest BCUT2D eigenvalue weighted by Gasteiger charge is -2.05. The number of ether oxygens (including phenoxy) is 1. The van der Waals surface area contributed by atoms with Crippen LogP contribution in [0, 0.1) is 6.92 Å². The van der Waals surface area contributed by atoms with Crippen molar-refractivity contribution >= 4 is 23.3 Å². The van der Waals surface area contributed by atoms with Gasteiger partial charge in [-0.05, 0) is 25.1 Å². The van der Waals surface area contributed by atoms with E-state index in [4.69, 9.17) is 4.74 Å². The third-order valence-corrected chi connectivity index (χ3v) is 3.25. The van der Waals surface area contributed by atoms with Gasteiger partial charge in [-0.3, -0.25) is 4.79 Å². The van der Waals surface area contributed by atoms with Gasteiger partial charge in [-0.2, -0.15) is 0 Å². The van der Waals surface area contributed by atoms with Crippen LogP contribution in [0.4, 0.5) is 0 Å². The Labute approximate surface area is 122 Å². The summed E-state index contributed by atoms with van der Waals surface area (Å²) in [7, 11) is 0. The molecule has 0 spiro atoms. The van der Waals surface area contributed by atoms with Gasteiger partial charge in [0, 0.05) is 11.5 Å². The molecule has 0 fully saturated rings. The molecular weight excluding hydrogens is 272 g/mol. The van der Waals surface area contributed by atoms with Gasteiger partial charge in [0.25, 0.3) is 0 Å².